The van der Waals surface area contributed by atoms with Gasteiger partial charge in [0.2, 0.25) is 0 Å². The van der Waals surface area contributed by atoms with Gasteiger partial charge in [0.1, 0.15) is 0 Å². The summed E-state index contributed by atoms with van der Waals surface area (Å²) >= 11 is 0. The van der Waals surface area contributed by atoms with Crippen LogP contribution in [0.2, 0.25) is 0 Å². The van der Waals surface area contributed by atoms with E-state index in [1.54, 1.807) is 6.08 Å². The van der Waals surface area contributed by atoms with Crippen molar-refractivity contribution in [1.82, 2.24) is 0 Å². The minimum absolute atomic E-state index is 0.152. The van der Waals surface area contributed by atoms with E-state index in [9.17, 15) is 8.42 Å². The maximum absolute atomic E-state index is 11.0. The molecule has 0 amide bonds. The smallest absolute Gasteiger partial charge is 0.155 e. The van der Waals surface area contributed by atoms with E-state index < -0.39 is 9.84 Å². The Bertz CT molecular complexity index is 230. The van der Waals surface area contributed by atoms with E-state index in [4.69, 9.17) is 4.74 Å². The van der Waals surface area contributed by atoms with Crippen LogP contribution in [-0.2, 0) is 14.6 Å². The number of rotatable bonds is 2. The van der Waals surface area contributed by atoms with Crippen LogP contribution < -0.4 is 0 Å². The highest BCUT2D eigenvalue weighted by molar-refractivity contribution is 7.91. The lowest BCUT2D eigenvalue weighted by Gasteiger charge is -2.21. The second kappa shape index (κ2) is 3.36. The van der Waals surface area contributed by atoms with Crippen LogP contribution in [0.25, 0.3) is 0 Å². The summed E-state index contributed by atoms with van der Waals surface area (Å²) in [5.74, 6) is 0.319. The molecule has 1 aliphatic rings. The third-order valence-corrected chi connectivity index (χ3v) is 3.29. The summed E-state index contributed by atoms with van der Waals surface area (Å²) in [7, 11) is -2.83. The molecule has 0 saturated carbocycles. The molecule has 1 saturated heterocycles. The lowest BCUT2D eigenvalue weighted by atomic mass is 10.3. The lowest BCUT2D eigenvalue weighted by Crippen LogP contribution is -2.33. The first-order valence-corrected chi connectivity index (χ1v) is 5.39. The molecule has 0 aromatic heterocycles. The Balaban J connectivity index is 2.53. The average molecular weight is 176 g/mol. The molecule has 64 valence electrons. The van der Waals surface area contributed by atoms with Gasteiger partial charge in [0.15, 0.2) is 9.84 Å². The predicted octanol–water partition coefficient (Wildman–Crippen LogP) is 0.376. The zero-order chi connectivity index (χ0) is 8.32. The fraction of sp³-hybridized carbons (Fsp3) is 0.714. The average Bonchev–Trinajstić information content (AvgIpc) is 1.85. The van der Waals surface area contributed by atoms with E-state index in [1.165, 1.54) is 0 Å². The van der Waals surface area contributed by atoms with Crippen LogP contribution >= 0.6 is 0 Å². The summed E-state index contributed by atoms with van der Waals surface area (Å²) < 4.78 is 27.2. The molecule has 0 N–H and O–H groups in total. The van der Waals surface area contributed by atoms with Crippen LogP contribution in [0, 0.1) is 0 Å². The molecule has 1 fully saturated rings. The predicted molar refractivity (Wildman–Crippen MR) is 43.2 cm³/mol. The standard InChI is InChI=1S/C7H12O3S/c1-2-3-7-6-11(8,9)5-4-10-7/h2,7H,1,3-6H2. The Morgan fingerprint density at radius 2 is 2.36 bits per heavy atom. The van der Waals surface area contributed by atoms with Crippen molar-refractivity contribution in [1.29, 1.82) is 0 Å². The van der Waals surface area contributed by atoms with Gasteiger partial charge in [-0.25, -0.2) is 8.42 Å². The van der Waals surface area contributed by atoms with Gasteiger partial charge in [-0.3, -0.25) is 0 Å². The number of hydrogen-bond donors (Lipinski definition) is 0. The van der Waals surface area contributed by atoms with Crippen molar-refractivity contribution in [3.05, 3.63) is 12.7 Å². The number of hydrogen-bond acceptors (Lipinski definition) is 3. The third-order valence-electron chi connectivity index (χ3n) is 1.62. The Labute approximate surface area is 67.0 Å². The molecule has 0 aromatic carbocycles. The second-order valence-corrected chi connectivity index (χ2v) is 4.86. The van der Waals surface area contributed by atoms with Crippen molar-refractivity contribution >= 4 is 9.84 Å². The number of ether oxygens (including phenoxy) is 1. The molecule has 1 heterocycles. The van der Waals surface area contributed by atoms with E-state index in [-0.39, 0.29) is 17.6 Å². The Kier molecular flexibility index (Phi) is 2.67. The van der Waals surface area contributed by atoms with E-state index in [0.717, 1.165) is 0 Å². The Hall–Kier alpha value is -0.350. The first kappa shape index (κ1) is 8.74. The monoisotopic (exact) mass is 176 g/mol. The minimum Gasteiger partial charge on any atom is -0.376 e. The van der Waals surface area contributed by atoms with Gasteiger partial charge in [-0.1, -0.05) is 6.08 Å². The molecule has 0 radical (unpaired) electrons. The van der Waals surface area contributed by atoms with Crippen molar-refractivity contribution in [3.63, 3.8) is 0 Å². The van der Waals surface area contributed by atoms with Gasteiger partial charge >= 0.3 is 0 Å². The number of sulfone groups is 1. The van der Waals surface area contributed by atoms with Crippen LogP contribution in [-0.4, -0.2) is 32.6 Å². The van der Waals surface area contributed by atoms with Crippen molar-refractivity contribution in [3.8, 4) is 0 Å². The van der Waals surface area contributed by atoms with Crippen molar-refractivity contribution < 1.29 is 13.2 Å². The van der Waals surface area contributed by atoms with Crippen LogP contribution in [0.3, 0.4) is 0 Å². The maximum Gasteiger partial charge on any atom is 0.155 e. The van der Waals surface area contributed by atoms with E-state index in [1.807, 2.05) is 0 Å². The third kappa shape index (κ3) is 2.63. The van der Waals surface area contributed by atoms with Crippen LogP contribution in [0.5, 0.6) is 0 Å². The van der Waals surface area contributed by atoms with E-state index in [2.05, 4.69) is 6.58 Å². The maximum atomic E-state index is 11.0. The van der Waals surface area contributed by atoms with Crippen molar-refractivity contribution in [2.75, 3.05) is 18.1 Å². The van der Waals surface area contributed by atoms with Crippen LogP contribution in [0.15, 0.2) is 12.7 Å². The fourth-order valence-electron chi connectivity index (χ4n) is 1.08. The zero-order valence-electron chi connectivity index (χ0n) is 6.32. The van der Waals surface area contributed by atoms with Gasteiger partial charge in [0.05, 0.1) is 24.2 Å². The highest BCUT2D eigenvalue weighted by Gasteiger charge is 2.23. The van der Waals surface area contributed by atoms with Gasteiger partial charge in [-0.15, -0.1) is 6.58 Å². The SMILES string of the molecule is C=CCC1CS(=O)(=O)CCO1. The molecule has 1 rings (SSSR count). The second-order valence-electron chi connectivity index (χ2n) is 2.63. The molecule has 4 heteroatoms. The quantitative estimate of drug-likeness (QED) is 0.571. The van der Waals surface area contributed by atoms with Crippen molar-refractivity contribution in [2.45, 2.75) is 12.5 Å². The largest absolute Gasteiger partial charge is 0.376 e. The molecule has 0 aliphatic carbocycles. The molecular formula is C7H12O3S. The van der Waals surface area contributed by atoms with E-state index in [0.29, 0.717) is 13.0 Å². The van der Waals surface area contributed by atoms with Gasteiger partial charge < -0.3 is 4.74 Å². The highest BCUT2D eigenvalue weighted by atomic mass is 32.2. The first-order chi connectivity index (χ1) is 5.14. The molecule has 11 heavy (non-hydrogen) atoms. The van der Waals surface area contributed by atoms with Crippen molar-refractivity contribution in [2.24, 2.45) is 0 Å². The topological polar surface area (TPSA) is 43.4 Å². The lowest BCUT2D eigenvalue weighted by molar-refractivity contribution is 0.0742. The Morgan fingerprint density at radius 1 is 1.64 bits per heavy atom. The summed E-state index contributed by atoms with van der Waals surface area (Å²) in [6.07, 6.45) is 2.15. The molecule has 0 bridgehead atoms. The van der Waals surface area contributed by atoms with Crippen LogP contribution in [0.1, 0.15) is 6.42 Å². The van der Waals surface area contributed by atoms with Gasteiger partial charge in [0, 0.05) is 0 Å². The minimum atomic E-state index is -2.83. The Morgan fingerprint density at radius 3 is 2.91 bits per heavy atom. The molecule has 0 aromatic rings. The summed E-state index contributed by atoms with van der Waals surface area (Å²) in [6, 6.07) is 0. The summed E-state index contributed by atoms with van der Waals surface area (Å²) in [6.45, 7) is 3.86. The zero-order valence-corrected chi connectivity index (χ0v) is 7.14. The van der Waals surface area contributed by atoms with Gasteiger partial charge in [0.25, 0.3) is 0 Å². The molecular weight excluding hydrogens is 164 g/mol. The fourth-order valence-corrected chi connectivity index (χ4v) is 2.39. The molecule has 1 unspecified atom stereocenters. The molecule has 0 spiro atoms. The van der Waals surface area contributed by atoms with E-state index >= 15 is 0 Å². The van der Waals surface area contributed by atoms with Gasteiger partial charge in [-0.05, 0) is 6.42 Å². The molecule has 3 nitrogen and oxygen atoms in total. The highest BCUT2D eigenvalue weighted by Crippen LogP contribution is 2.10. The molecule has 1 atom stereocenters. The normalized spacial score (nSPS) is 29.6. The summed E-state index contributed by atoms with van der Waals surface area (Å²) in [5, 5.41) is 0. The van der Waals surface area contributed by atoms with Crippen LogP contribution in [0.4, 0.5) is 0 Å². The van der Waals surface area contributed by atoms with Gasteiger partial charge in [-0.2, -0.15) is 0 Å². The summed E-state index contributed by atoms with van der Waals surface area (Å²) in [4.78, 5) is 0. The first-order valence-electron chi connectivity index (χ1n) is 3.57. The summed E-state index contributed by atoms with van der Waals surface area (Å²) in [5.41, 5.74) is 0. The molecule has 1 aliphatic heterocycles.